The van der Waals surface area contributed by atoms with Crippen LogP contribution >= 0.6 is 0 Å². The lowest BCUT2D eigenvalue weighted by atomic mass is 9.87. The van der Waals surface area contributed by atoms with Gasteiger partial charge in [-0.05, 0) is 43.9 Å². The average Bonchev–Trinajstić information content (AvgIpc) is 2.49. The van der Waals surface area contributed by atoms with Crippen molar-refractivity contribution in [3.05, 3.63) is 29.8 Å². The maximum absolute atomic E-state index is 7.62. The molecule has 3 N–H and O–H groups in total. The number of nitrogens with one attached hydrogen (secondary N) is 1. The molecule has 0 atom stereocenters. The van der Waals surface area contributed by atoms with E-state index in [0.717, 1.165) is 12.9 Å². The molecular weight excluding hydrogens is 290 g/mol. The third-order valence-corrected chi connectivity index (χ3v) is 2.30. The van der Waals surface area contributed by atoms with Crippen LogP contribution in [0, 0.1) is 0 Å². The molecule has 0 spiro atoms. The van der Waals surface area contributed by atoms with Gasteiger partial charge in [-0.2, -0.15) is 0 Å². The van der Waals surface area contributed by atoms with Crippen LogP contribution < -0.4 is 10.2 Å². The summed E-state index contributed by atoms with van der Waals surface area (Å²) in [7, 11) is 1.00. The molecule has 0 aromatic heterocycles. The molecule has 4 nitrogen and oxygen atoms in total. The van der Waals surface area contributed by atoms with E-state index in [1.807, 2.05) is 38.4 Å². The van der Waals surface area contributed by atoms with Crippen LogP contribution in [0.5, 0.6) is 5.75 Å². The summed E-state index contributed by atoms with van der Waals surface area (Å²) < 4.78 is 5.77. The maximum atomic E-state index is 7.62. The molecule has 0 aliphatic rings. The van der Waals surface area contributed by atoms with Gasteiger partial charge in [-0.15, -0.1) is 0 Å². The van der Waals surface area contributed by atoms with Crippen LogP contribution in [0.25, 0.3) is 0 Å². The van der Waals surface area contributed by atoms with Crippen molar-refractivity contribution in [2.75, 3.05) is 13.7 Å². The van der Waals surface area contributed by atoms with Crippen molar-refractivity contribution in [2.45, 2.75) is 73.3 Å². The summed E-state index contributed by atoms with van der Waals surface area (Å²) in [4.78, 5) is 0. The van der Waals surface area contributed by atoms with Gasteiger partial charge in [-0.25, -0.2) is 5.48 Å². The van der Waals surface area contributed by atoms with E-state index >= 15 is 0 Å². The van der Waals surface area contributed by atoms with Gasteiger partial charge in [0.2, 0.25) is 0 Å². The molecule has 1 rings (SSSR count). The van der Waals surface area contributed by atoms with E-state index in [0.29, 0.717) is 6.54 Å². The fourth-order valence-electron chi connectivity index (χ4n) is 1.38. The Morgan fingerprint density at radius 1 is 0.913 bits per heavy atom. The fourth-order valence-corrected chi connectivity index (χ4v) is 1.38. The van der Waals surface area contributed by atoms with E-state index < -0.39 is 0 Å². The Bertz CT molecular complexity index is 346. The van der Waals surface area contributed by atoms with Crippen LogP contribution in [-0.2, 0) is 5.41 Å². The van der Waals surface area contributed by atoms with Crippen molar-refractivity contribution >= 4 is 0 Å². The Kier molecular flexibility index (Phi) is 16.9. The van der Waals surface area contributed by atoms with Crippen molar-refractivity contribution in [2.24, 2.45) is 0 Å². The quantitative estimate of drug-likeness (QED) is 0.683. The van der Waals surface area contributed by atoms with Gasteiger partial charge in [0, 0.05) is 13.7 Å². The van der Waals surface area contributed by atoms with E-state index in [2.05, 4.69) is 53.7 Å². The van der Waals surface area contributed by atoms with Gasteiger partial charge < -0.3 is 15.1 Å². The molecule has 0 bridgehead atoms. The predicted molar refractivity (Wildman–Crippen MR) is 100 cm³/mol. The molecule has 23 heavy (non-hydrogen) atoms. The molecule has 0 unspecified atom stereocenters. The van der Waals surface area contributed by atoms with Crippen LogP contribution in [0.2, 0.25) is 0 Å². The lowest BCUT2D eigenvalue weighted by molar-refractivity contribution is 0.131. The third kappa shape index (κ3) is 17.1. The van der Waals surface area contributed by atoms with E-state index in [-0.39, 0.29) is 11.0 Å². The number of benzene rings is 1. The van der Waals surface area contributed by atoms with Crippen LogP contribution in [0.3, 0.4) is 0 Å². The monoisotopic (exact) mass is 329 g/mol. The van der Waals surface area contributed by atoms with Gasteiger partial charge in [-0.3, -0.25) is 0 Å². The van der Waals surface area contributed by atoms with Gasteiger partial charge in [-0.1, -0.05) is 53.7 Å². The highest BCUT2D eigenvalue weighted by Crippen LogP contribution is 2.25. The Labute approximate surface area is 143 Å². The van der Waals surface area contributed by atoms with E-state index in [4.69, 9.17) is 15.1 Å². The van der Waals surface area contributed by atoms with Gasteiger partial charge in [0.05, 0.1) is 0 Å². The van der Waals surface area contributed by atoms with Gasteiger partial charge in [0.15, 0.2) is 0 Å². The number of ether oxygens (including phenoxy) is 1. The van der Waals surface area contributed by atoms with Crippen LogP contribution in [-0.4, -0.2) is 29.6 Å². The number of hydrogen-bond donors (Lipinski definition) is 3. The molecule has 0 saturated heterocycles. The molecule has 0 heterocycles. The molecule has 0 amide bonds. The first-order chi connectivity index (χ1) is 10.6. The van der Waals surface area contributed by atoms with Gasteiger partial charge >= 0.3 is 0 Å². The molecule has 1 aromatic rings. The first-order valence-corrected chi connectivity index (χ1v) is 8.21. The number of hydroxylamine groups is 1. The lowest BCUT2D eigenvalue weighted by Gasteiger charge is -2.23. The summed E-state index contributed by atoms with van der Waals surface area (Å²) in [6.07, 6.45) is 0. The molecule has 4 heteroatoms. The number of hydrogen-bond acceptors (Lipinski definition) is 4. The normalized spacial score (nSPS) is 10.1. The minimum atomic E-state index is -0.122. The van der Waals surface area contributed by atoms with Crippen LogP contribution in [0.1, 0.15) is 67.9 Å². The van der Waals surface area contributed by atoms with Gasteiger partial charge in [0.25, 0.3) is 0 Å². The minimum Gasteiger partial charge on any atom is -0.488 e. The molecule has 0 radical (unpaired) electrons. The Morgan fingerprint density at radius 2 is 1.26 bits per heavy atom. The largest absolute Gasteiger partial charge is 0.488 e. The molecule has 1 aromatic carbocycles. The maximum Gasteiger partial charge on any atom is 0.120 e. The zero-order valence-electron chi connectivity index (χ0n) is 16.8. The molecule has 138 valence electrons. The van der Waals surface area contributed by atoms with Crippen LogP contribution in [0.15, 0.2) is 24.3 Å². The summed E-state index contributed by atoms with van der Waals surface area (Å²) >= 11 is 0. The summed E-state index contributed by atoms with van der Waals surface area (Å²) in [6.45, 7) is 19.3. The summed E-state index contributed by atoms with van der Waals surface area (Å²) in [6, 6.07) is 8.37. The first-order valence-electron chi connectivity index (χ1n) is 8.21. The lowest BCUT2D eigenvalue weighted by Crippen LogP contribution is -2.23. The van der Waals surface area contributed by atoms with Gasteiger partial charge in [0.1, 0.15) is 11.4 Å². The summed E-state index contributed by atoms with van der Waals surface area (Å²) in [5.74, 6) is 0.940. The first kappa shape index (κ1) is 26.8. The highest BCUT2D eigenvalue weighted by molar-refractivity contribution is 5.31. The molecule has 0 aliphatic carbocycles. The van der Waals surface area contributed by atoms with E-state index in [9.17, 15) is 0 Å². The van der Waals surface area contributed by atoms with Crippen molar-refractivity contribution in [1.29, 1.82) is 0 Å². The van der Waals surface area contributed by atoms with Crippen molar-refractivity contribution in [3.8, 4) is 5.75 Å². The fraction of sp³-hybridized carbons (Fsp3) is 0.684. The number of aliphatic hydroxyl groups excluding tert-OH is 1. The second-order valence-corrected chi connectivity index (χ2v) is 6.50. The summed E-state index contributed by atoms with van der Waals surface area (Å²) in [5, 5.41) is 14.6. The topological polar surface area (TPSA) is 61.7 Å². The van der Waals surface area contributed by atoms with Crippen molar-refractivity contribution in [3.63, 3.8) is 0 Å². The molecule has 0 fully saturated rings. The predicted octanol–water partition coefficient (Wildman–Crippen LogP) is 4.78. The Morgan fingerprint density at radius 3 is 1.48 bits per heavy atom. The second-order valence-electron chi connectivity index (χ2n) is 6.50. The Balaban J connectivity index is -0.000000426. The molecule has 0 saturated carbocycles. The highest BCUT2D eigenvalue weighted by Gasteiger charge is 2.15. The number of rotatable bonds is 2. The highest BCUT2D eigenvalue weighted by atomic mass is 16.5. The standard InChI is InChI=1S/C14H22O.C2H7NO.C2H6.CH4O/c1-13(2,3)11-7-9-12(10-8-11)15-14(4,5)6;1-2-3-4;2*1-2/h7-10H,1-6H3;3-4H,2H2,1H3;1-2H3;2H,1H3. The zero-order valence-corrected chi connectivity index (χ0v) is 16.8. The smallest absolute Gasteiger partial charge is 0.120 e. The third-order valence-electron chi connectivity index (χ3n) is 2.30. The van der Waals surface area contributed by atoms with E-state index in [1.54, 1.807) is 0 Å². The number of aliphatic hydroxyl groups is 1. The summed E-state index contributed by atoms with van der Waals surface area (Å²) in [5.41, 5.74) is 3.35. The average molecular weight is 330 g/mol. The minimum absolute atomic E-state index is 0.122. The van der Waals surface area contributed by atoms with Crippen molar-refractivity contribution < 1.29 is 15.1 Å². The van der Waals surface area contributed by atoms with Crippen molar-refractivity contribution in [1.82, 2.24) is 5.48 Å². The zero-order chi connectivity index (χ0) is 19.1. The molecule has 0 aliphatic heterocycles. The second kappa shape index (κ2) is 14.5. The SMILES string of the molecule is CC.CC(C)(C)Oc1ccc(C(C)(C)C)cc1.CCNO.CO. The van der Waals surface area contributed by atoms with E-state index in [1.165, 1.54) is 5.56 Å². The van der Waals surface area contributed by atoms with Crippen LogP contribution in [0.4, 0.5) is 0 Å². The molecular formula is C19H39NO3. The Hall–Kier alpha value is -1.10.